The Morgan fingerprint density at radius 2 is 2.05 bits per heavy atom. The largest absolute Gasteiger partial charge is 0.484 e. The van der Waals surface area contributed by atoms with Gasteiger partial charge in [0.25, 0.3) is 11.8 Å². The second-order valence-electron chi connectivity index (χ2n) is 4.29. The summed E-state index contributed by atoms with van der Waals surface area (Å²) in [5.74, 6) is 0.00203. The zero-order valence-corrected chi connectivity index (χ0v) is 10.5. The van der Waals surface area contributed by atoms with Crippen molar-refractivity contribution in [2.45, 2.75) is 18.9 Å². The summed E-state index contributed by atoms with van der Waals surface area (Å²) in [4.78, 5) is 23.1. The molecule has 19 heavy (non-hydrogen) atoms. The summed E-state index contributed by atoms with van der Waals surface area (Å²) in [5.41, 5.74) is 4.71. The first-order valence-corrected chi connectivity index (χ1v) is 6.25. The Balaban J connectivity index is 1.65. The first kappa shape index (κ1) is 13.4. The van der Waals surface area contributed by atoms with Gasteiger partial charge in [-0.25, -0.2) is 0 Å². The Morgan fingerprint density at radius 3 is 2.74 bits per heavy atom. The summed E-state index contributed by atoms with van der Waals surface area (Å²) in [7, 11) is 0. The van der Waals surface area contributed by atoms with Gasteiger partial charge in [-0.2, -0.15) is 0 Å². The number of para-hydroxylation sites is 1. The van der Waals surface area contributed by atoms with Crippen molar-refractivity contribution in [3.63, 3.8) is 0 Å². The van der Waals surface area contributed by atoms with Gasteiger partial charge in [0.05, 0.1) is 6.04 Å². The number of rotatable bonds is 4. The highest BCUT2D eigenvalue weighted by molar-refractivity contribution is 5.85. The number of nitrogens with one attached hydrogen (secondary N) is 3. The molecule has 1 atom stereocenters. The summed E-state index contributed by atoms with van der Waals surface area (Å²) in [6.07, 6.45) is 1.77. The first-order chi connectivity index (χ1) is 9.25. The van der Waals surface area contributed by atoms with Crippen molar-refractivity contribution < 1.29 is 14.3 Å². The van der Waals surface area contributed by atoms with Crippen LogP contribution < -0.4 is 20.9 Å². The minimum absolute atomic E-state index is 0.137. The molecule has 1 aromatic carbocycles. The van der Waals surface area contributed by atoms with E-state index >= 15 is 0 Å². The van der Waals surface area contributed by atoms with Crippen molar-refractivity contribution in [1.82, 2.24) is 16.2 Å². The number of benzene rings is 1. The molecule has 1 aromatic rings. The lowest BCUT2D eigenvalue weighted by atomic mass is 10.2. The molecule has 0 spiro atoms. The molecule has 2 rings (SSSR count). The molecule has 1 aliphatic heterocycles. The van der Waals surface area contributed by atoms with Gasteiger partial charge in [0.15, 0.2) is 6.61 Å². The maximum atomic E-state index is 11.6. The zero-order chi connectivity index (χ0) is 13.5. The normalized spacial score (nSPS) is 17.8. The number of hydrogen-bond acceptors (Lipinski definition) is 4. The van der Waals surface area contributed by atoms with Crippen LogP contribution in [0, 0.1) is 0 Å². The average Bonchev–Trinajstić information content (AvgIpc) is 2.98. The van der Waals surface area contributed by atoms with Crippen LogP contribution in [0.15, 0.2) is 30.3 Å². The van der Waals surface area contributed by atoms with E-state index in [1.165, 1.54) is 0 Å². The molecule has 2 amide bonds. The molecular weight excluding hydrogens is 246 g/mol. The van der Waals surface area contributed by atoms with Crippen molar-refractivity contribution in [3.8, 4) is 5.75 Å². The number of carbonyl (C=O) groups is 2. The van der Waals surface area contributed by atoms with Gasteiger partial charge in [-0.05, 0) is 31.5 Å². The predicted octanol–water partition coefficient (Wildman–Crippen LogP) is -0.0352. The van der Waals surface area contributed by atoms with Gasteiger partial charge in [-0.1, -0.05) is 18.2 Å². The van der Waals surface area contributed by atoms with E-state index in [4.69, 9.17) is 4.74 Å². The molecule has 0 saturated carbocycles. The number of hydrogen-bond donors (Lipinski definition) is 3. The average molecular weight is 263 g/mol. The molecule has 0 bridgehead atoms. The van der Waals surface area contributed by atoms with Crippen molar-refractivity contribution in [1.29, 1.82) is 0 Å². The van der Waals surface area contributed by atoms with Crippen LogP contribution in [0.5, 0.6) is 5.75 Å². The summed E-state index contributed by atoms with van der Waals surface area (Å²) >= 11 is 0. The molecule has 6 nitrogen and oxygen atoms in total. The van der Waals surface area contributed by atoms with Crippen LogP contribution in [-0.4, -0.2) is 31.0 Å². The highest BCUT2D eigenvalue weighted by Gasteiger charge is 2.21. The van der Waals surface area contributed by atoms with Crippen molar-refractivity contribution in [2.24, 2.45) is 0 Å². The Bertz CT molecular complexity index is 430. The smallest absolute Gasteiger partial charge is 0.276 e. The second-order valence-corrected chi connectivity index (χ2v) is 4.29. The maximum Gasteiger partial charge on any atom is 0.276 e. The Morgan fingerprint density at radius 1 is 1.26 bits per heavy atom. The molecule has 0 radical (unpaired) electrons. The Labute approximate surface area is 111 Å². The van der Waals surface area contributed by atoms with Crippen molar-refractivity contribution >= 4 is 11.8 Å². The molecule has 1 aliphatic rings. The molecular formula is C13H17N3O3. The summed E-state index contributed by atoms with van der Waals surface area (Å²) in [6.45, 7) is 0.700. The minimum Gasteiger partial charge on any atom is -0.484 e. The van der Waals surface area contributed by atoms with Crippen LogP contribution in [0.1, 0.15) is 12.8 Å². The van der Waals surface area contributed by atoms with Crippen LogP contribution in [0.2, 0.25) is 0 Å². The first-order valence-electron chi connectivity index (χ1n) is 6.25. The van der Waals surface area contributed by atoms with Gasteiger partial charge >= 0.3 is 0 Å². The monoisotopic (exact) mass is 263 g/mol. The van der Waals surface area contributed by atoms with Gasteiger partial charge in [0, 0.05) is 0 Å². The van der Waals surface area contributed by atoms with Gasteiger partial charge < -0.3 is 10.1 Å². The van der Waals surface area contributed by atoms with Gasteiger partial charge in [-0.15, -0.1) is 0 Å². The van der Waals surface area contributed by atoms with E-state index in [1.54, 1.807) is 12.1 Å². The Hall–Kier alpha value is -2.08. The van der Waals surface area contributed by atoms with Crippen LogP contribution >= 0.6 is 0 Å². The van der Waals surface area contributed by atoms with Gasteiger partial charge in [-0.3, -0.25) is 20.4 Å². The molecule has 1 saturated heterocycles. The standard InChI is InChI=1S/C13H17N3O3/c17-12(9-19-10-5-2-1-3-6-10)15-16-13(18)11-7-4-8-14-11/h1-3,5-6,11,14H,4,7-9H2,(H,15,17)(H,16,18). The van der Waals surface area contributed by atoms with E-state index in [-0.39, 0.29) is 18.6 Å². The third-order valence-electron chi connectivity index (χ3n) is 2.82. The van der Waals surface area contributed by atoms with Crippen LogP contribution in [0.3, 0.4) is 0 Å². The van der Waals surface area contributed by atoms with E-state index in [1.807, 2.05) is 18.2 Å². The zero-order valence-electron chi connectivity index (χ0n) is 10.5. The van der Waals surface area contributed by atoms with E-state index < -0.39 is 5.91 Å². The molecule has 1 heterocycles. The third-order valence-corrected chi connectivity index (χ3v) is 2.82. The fourth-order valence-electron chi connectivity index (χ4n) is 1.83. The molecule has 1 unspecified atom stereocenters. The van der Waals surface area contributed by atoms with Gasteiger partial charge in [0.1, 0.15) is 5.75 Å². The van der Waals surface area contributed by atoms with Gasteiger partial charge in [0.2, 0.25) is 0 Å². The van der Waals surface area contributed by atoms with E-state index in [0.717, 1.165) is 19.4 Å². The van der Waals surface area contributed by atoms with Crippen LogP contribution in [-0.2, 0) is 9.59 Å². The summed E-state index contributed by atoms with van der Waals surface area (Å²) in [5, 5.41) is 3.04. The second kappa shape index (κ2) is 6.75. The van der Waals surface area contributed by atoms with Crippen LogP contribution in [0.4, 0.5) is 0 Å². The maximum absolute atomic E-state index is 11.6. The molecule has 102 valence electrons. The fourth-order valence-corrected chi connectivity index (χ4v) is 1.83. The number of hydrazine groups is 1. The number of amides is 2. The highest BCUT2D eigenvalue weighted by Crippen LogP contribution is 2.07. The van der Waals surface area contributed by atoms with E-state index in [2.05, 4.69) is 16.2 Å². The molecule has 0 aromatic heterocycles. The lowest BCUT2D eigenvalue weighted by Gasteiger charge is -2.12. The van der Waals surface area contributed by atoms with Crippen molar-refractivity contribution in [3.05, 3.63) is 30.3 Å². The minimum atomic E-state index is -0.393. The summed E-state index contributed by atoms with van der Waals surface area (Å²) < 4.78 is 5.25. The number of ether oxygens (including phenoxy) is 1. The molecule has 0 aliphatic carbocycles. The highest BCUT2D eigenvalue weighted by atomic mass is 16.5. The molecule has 1 fully saturated rings. The third kappa shape index (κ3) is 4.26. The fraction of sp³-hybridized carbons (Fsp3) is 0.385. The predicted molar refractivity (Wildman–Crippen MR) is 69.2 cm³/mol. The number of carbonyl (C=O) groups excluding carboxylic acids is 2. The SMILES string of the molecule is O=C(COc1ccccc1)NNC(=O)C1CCCN1. The lowest BCUT2D eigenvalue weighted by molar-refractivity contribution is -0.130. The van der Waals surface area contributed by atoms with Crippen LogP contribution in [0.25, 0.3) is 0 Å². The quantitative estimate of drug-likeness (QED) is 0.666. The van der Waals surface area contributed by atoms with Crippen molar-refractivity contribution in [2.75, 3.05) is 13.2 Å². The van der Waals surface area contributed by atoms with E-state index in [9.17, 15) is 9.59 Å². The Kier molecular flexibility index (Phi) is 4.74. The molecule has 6 heteroatoms. The molecule has 3 N–H and O–H groups in total. The lowest BCUT2D eigenvalue weighted by Crippen LogP contribution is -2.50. The van der Waals surface area contributed by atoms with E-state index in [0.29, 0.717) is 5.75 Å². The topological polar surface area (TPSA) is 79.5 Å². The summed E-state index contributed by atoms with van der Waals surface area (Å²) in [6, 6.07) is 8.81.